The summed E-state index contributed by atoms with van der Waals surface area (Å²) in [6, 6.07) is 0.104. The Morgan fingerprint density at radius 3 is 2.47 bits per heavy atom. The molecule has 5 heteroatoms. The average Bonchev–Trinajstić information content (AvgIpc) is 3.16. The zero-order valence-corrected chi connectivity index (χ0v) is 10.8. The Hall–Kier alpha value is -1.10. The number of carboxylic acid groups (broad SMARTS) is 1. The number of ether oxygens (including phenoxy) is 1. The first-order chi connectivity index (χ1) is 9.15. The lowest BCUT2D eigenvalue weighted by Crippen LogP contribution is -2.44. The van der Waals surface area contributed by atoms with E-state index < -0.39 is 5.97 Å². The van der Waals surface area contributed by atoms with E-state index >= 15 is 0 Å². The van der Waals surface area contributed by atoms with Gasteiger partial charge in [0.1, 0.15) is 0 Å². The highest BCUT2D eigenvalue weighted by atomic mass is 16.5. The van der Waals surface area contributed by atoms with E-state index in [2.05, 4.69) is 0 Å². The number of fused-ring (bicyclic) bond motifs is 4. The number of rotatable bonds is 2. The van der Waals surface area contributed by atoms with Crippen molar-refractivity contribution >= 4 is 11.9 Å². The Kier molecular flexibility index (Phi) is 2.43. The van der Waals surface area contributed by atoms with Crippen molar-refractivity contribution in [2.45, 2.75) is 62.8 Å². The summed E-state index contributed by atoms with van der Waals surface area (Å²) in [4.78, 5) is 25.9. The molecule has 1 N–H and O–H groups in total. The van der Waals surface area contributed by atoms with Crippen LogP contribution in [0.15, 0.2) is 0 Å². The minimum atomic E-state index is -0.741. The summed E-state index contributed by atoms with van der Waals surface area (Å²) >= 11 is 0. The molecular formula is C14H19NO4. The minimum Gasteiger partial charge on any atom is -0.481 e. The second-order valence-electron chi connectivity index (χ2n) is 6.44. The Bertz CT molecular complexity index is 437. The van der Waals surface area contributed by atoms with E-state index in [-0.39, 0.29) is 42.0 Å². The molecule has 4 fully saturated rings. The molecule has 1 amide bonds. The van der Waals surface area contributed by atoms with E-state index in [1.54, 1.807) is 0 Å². The van der Waals surface area contributed by atoms with Crippen LogP contribution in [0.2, 0.25) is 0 Å². The fourth-order valence-electron chi connectivity index (χ4n) is 4.69. The van der Waals surface area contributed by atoms with Crippen LogP contribution >= 0.6 is 0 Å². The van der Waals surface area contributed by atoms with Crippen molar-refractivity contribution in [2.24, 2.45) is 11.8 Å². The minimum absolute atomic E-state index is 0.00519. The molecule has 4 rings (SSSR count). The SMILES string of the molecule is O=C(O)[C@@H]1C[C@H]2CC[C@@H]1N2C(=O)[C@@H]1C[C@@H]2CC[C@H]1O2. The molecule has 0 aromatic carbocycles. The van der Waals surface area contributed by atoms with Gasteiger partial charge in [-0.3, -0.25) is 9.59 Å². The van der Waals surface area contributed by atoms with Gasteiger partial charge in [-0.2, -0.15) is 0 Å². The fraction of sp³-hybridized carbons (Fsp3) is 0.857. The van der Waals surface area contributed by atoms with Crippen molar-refractivity contribution in [1.29, 1.82) is 0 Å². The molecule has 0 unspecified atom stereocenters. The zero-order valence-electron chi connectivity index (χ0n) is 10.8. The molecule has 5 nitrogen and oxygen atoms in total. The molecule has 104 valence electrons. The van der Waals surface area contributed by atoms with Crippen molar-refractivity contribution in [1.82, 2.24) is 4.90 Å². The second kappa shape index (κ2) is 3.95. The third-order valence-electron chi connectivity index (χ3n) is 5.53. The number of hydrogen-bond acceptors (Lipinski definition) is 3. The average molecular weight is 265 g/mol. The Labute approximate surface area is 111 Å². The Morgan fingerprint density at radius 2 is 1.89 bits per heavy atom. The third kappa shape index (κ3) is 1.57. The van der Waals surface area contributed by atoms with Crippen LogP contribution in [0.3, 0.4) is 0 Å². The Morgan fingerprint density at radius 1 is 1.05 bits per heavy atom. The smallest absolute Gasteiger partial charge is 0.308 e. The van der Waals surface area contributed by atoms with E-state index in [9.17, 15) is 14.7 Å². The summed E-state index contributed by atoms with van der Waals surface area (Å²) in [6.45, 7) is 0. The summed E-state index contributed by atoms with van der Waals surface area (Å²) < 4.78 is 5.77. The van der Waals surface area contributed by atoms with Gasteiger partial charge in [0.25, 0.3) is 0 Å². The third-order valence-corrected chi connectivity index (χ3v) is 5.53. The van der Waals surface area contributed by atoms with Crippen LogP contribution in [0.5, 0.6) is 0 Å². The van der Waals surface area contributed by atoms with Gasteiger partial charge in [-0.15, -0.1) is 0 Å². The Balaban J connectivity index is 1.54. The molecule has 0 aromatic heterocycles. The van der Waals surface area contributed by atoms with Crippen LogP contribution in [0.25, 0.3) is 0 Å². The first kappa shape index (κ1) is 11.7. The van der Waals surface area contributed by atoms with E-state index in [1.165, 1.54) is 0 Å². The molecule has 0 saturated carbocycles. The zero-order chi connectivity index (χ0) is 13.1. The molecule has 4 heterocycles. The molecule has 0 aliphatic carbocycles. The predicted molar refractivity (Wildman–Crippen MR) is 65.4 cm³/mol. The van der Waals surface area contributed by atoms with Crippen molar-refractivity contribution in [3.63, 3.8) is 0 Å². The summed E-state index contributed by atoms with van der Waals surface area (Å²) in [5.41, 5.74) is 0. The molecule has 6 atom stereocenters. The van der Waals surface area contributed by atoms with E-state index in [4.69, 9.17) is 4.74 Å². The standard InChI is InChI=1S/C14H19NO4/c16-13(10-6-8-2-4-12(10)19-8)15-7-1-3-11(15)9(5-7)14(17)18/h7-12H,1-6H2,(H,17,18)/t7-,8+,9-,10-,11+,12-/m1/s1. The molecule has 0 spiro atoms. The van der Waals surface area contributed by atoms with Crippen LogP contribution in [0, 0.1) is 11.8 Å². The van der Waals surface area contributed by atoms with Gasteiger partial charge in [0.05, 0.1) is 24.0 Å². The van der Waals surface area contributed by atoms with Gasteiger partial charge in [-0.1, -0.05) is 0 Å². The molecule has 4 aliphatic heterocycles. The quantitative estimate of drug-likeness (QED) is 0.809. The lowest BCUT2D eigenvalue weighted by Gasteiger charge is -2.28. The number of carboxylic acids is 1. The van der Waals surface area contributed by atoms with Crippen LogP contribution < -0.4 is 0 Å². The summed E-state index contributed by atoms with van der Waals surface area (Å²) in [5.74, 6) is -0.922. The van der Waals surface area contributed by atoms with Crippen LogP contribution in [0.1, 0.15) is 38.5 Å². The van der Waals surface area contributed by atoms with Gasteiger partial charge in [-0.05, 0) is 38.5 Å². The van der Waals surface area contributed by atoms with Gasteiger partial charge in [0.15, 0.2) is 0 Å². The molecule has 0 aromatic rings. The number of hydrogen-bond donors (Lipinski definition) is 1. The molecule has 4 aliphatic rings. The monoisotopic (exact) mass is 265 g/mol. The maximum Gasteiger partial charge on any atom is 0.308 e. The molecule has 19 heavy (non-hydrogen) atoms. The van der Waals surface area contributed by atoms with E-state index in [0.29, 0.717) is 6.42 Å². The highest BCUT2D eigenvalue weighted by Gasteiger charge is 2.55. The highest BCUT2D eigenvalue weighted by Crippen LogP contribution is 2.46. The molecular weight excluding hydrogens is 246 g/mol. The number of amides is 1. The lowest BCUT2D eigenvalue weighted by molar-refractivity contribution is -0.144. The predicted octanol–water partition coefficient (Wildman–Crippen LogP) is 1.02. The van der Waals surface area contributed by atoms with E-state index in [1.807, 2.05) is 4.90 Å². The number of carbonyl (C=O) groups excluding carboxylic acids is 1. The summed E-state index contributed by atoms with van der Waals surface area (Å²) in [7, 11) is 0. The van der Waals surface area contributed by atoms with Crippen molar-refractivity contribution in [3.8, 4) is 0 Å². The van der Waals surface area contributed by atoms with Gasteiger partial charge in [0.2, 0.25) is 5.91 Å². The number of aliphatic carboxylic acids is 1. The van der Waals surface area contributed by atoms with Crippen molar-refractivity contribution in [2.75, 3.05) is 0 Å². The number of nitrogens with zero attached hydrogens (tertiary/aromatic N) is 1. The molecule has 0 radical (unpaired) electrons. The number of carbonyl (C=O) groups is 2. The normalized spacial score (nSPS) is 47.1. The van der Waals surface area contributed by atoms with Crippen LogP contribution in [0.4, 0.5) is 0 Å². The van der Waals surface area contributed by atoms with Gasteiger partial charge < -0.3 is 14.7 Å². The second-order valence-corrected chi connectivity index (χ2v) is 6.44. The molecule has 4 saturated heterocycles. The van der Waals surface area contributed by atoms with Gasteiger partial charge in [0, 0.05) is 12.1 Å². The highest BCUT2D eigenvalue weighted by molar-refractivity contribution is 5.83. The lowest BCUT2D eigenvalue weighted by atomic mass is 9.88. The molecule has 4 bridgehead atoms. The topological polar surface area (TPSA) is 66.8 Å². The van der Waals surface area contributed by atoms with Crippen molar-refractivity contribution in [3.05, 3.63) is 0 Å². The largest absolute Gasteiger partial charge is 0.481 e. The fourth-order valence-corrected chi connectivity index (χ4v) is 4.69. The van der Waals surface area contributed by atoms with Gasteiger partial charge >= 0.3 is 5.97 Å². The van der Waals surface area contributed by atoms with Crippen LogP contribution in [-0.2, 0) is 14.3 Å². The summed E-state index contributed by atoms with van der Waals surface area (Å²) in [5, 5.41) is 9.24. The van der Waals surface area contributed by atoms with Gasteiger partial charge in [-0.25, -0.2) is 0 Å². The summed E-state index contributed by atoms with van der Waals surface area (Å²) in [6.07, 6.45) is 5.77. The van der Waals surface area contributed by atoms with Crippen LogP contribution in [-0.4, -0.2) is 46.2 Å². The van der Waals surface area contributed by atoms with E-state index in [0.717, 1.165) is 32.1 Å². The first-order valence-corrected chi connectivity index (χ1v) is 7.35. The maximum atomic E-state index is 12.7. The first-order valence-electron chi connectivity index (χ1n) is 7.35. The van der Waals surface area contributed by atoms with Crippen molar-refractivity contribution < 1.29 is 19.4 Å². The maximum absolute atomic E-state index is 12.7.